The maximum absolute atomic E-state index is 12.5. The molecule has 0 bridgehead atoms. The molecule has 0 radical (unpaired) electrons. The van der Waals surface area contributed by atoms with E-state index in [9.17, 15) is 14.9 Å². The number of amides is 1. The van der Waals surface area contributed by atoms with Crippen LogP contribution in [0.4, 0.5) is 11.4 Å². The number of rotatable bonds is 2. The molecule has 1 fully saturated rings. The number of benzene rings is 1. The van der Waals surface area contributed by atoms with E-state index in [1.807, 2.05) is 7.05 Å². The summed E-state index contributed by atoms with van der Waals surface area (Å²) in [7, 11) is 2.00. The van der Waals surface area contributed by atoms with Gasteiger partial charge in [0.25, 0.3) is 11.6 Å². The topological polar surface area (TPSA) is 92.7 Å². The van der Waals surface area contributed by atoms with Crippen molar-refractivity contribution in [2.75, 3.05) is 39.0 Å². The van der Waals surface area contributed by atoms with Gasteiger partial charge in [0.2, 0.25) is 0 Å². The normalized spacial score (nSPS) is 16.6. The molecule has 2 rings (SSSR count). The number of carbonyl (C=O) groups is 1. The van der Waals surface area contributed by atoms with E-state index in [1.165, 1.54) is 12.1 Å². The Morgan fingerprint density at radius 3 is 2.71 bits per heavy atom. The van der Waals surface area contributed by atoms with Crippen molar-refractivity contribution in [2.24, 2.45) is 0 Å². The summed E-state index contributed by atoms with van der Waals surface area (Å²) in [5.41, 5.74) is 5.32. The van der Waals surface area contributed by atoms with Crippen molar-refractivity contribution in [1.82, 2.24) is 9.80 Å². The van der Waals surface area contributed by atoms with Crippen LogP contribution in [0.2, 0.25) is 5.02 Å². The summed E-state index contributed by atoms with van der Waals surface area (Å²) >= 11 is 5.89. The molecule has 2 N–H and O–H groups in total. The number of nitrogen functional groups attached to an aromatic ring is 1. The van der Waals surface area contributed by atoms with Crippen LogP contribution in [-0.2, 0) is 0 Å². The second kappa shape index (κ2) is 6.28. The minimum Gasteiger partial charge on any atom is -0.392 e. The molecular weight excluding hydrogens is 296 g/mol. The van der Waals surface area contributed by atoms with Crippen molar-refractivity contribution >= 4 is 28.9 Å². The van der Waals surface area contributed by atoms with Gasteiger partial charge in [-0.1, -0.05) is 11.6 Å². The Morgan fingerprint density at radius 2 is 2.05 bits per heavy atom. The maximum Gasteiger partial charge on any atom is 0.294 e. The quantitative estimate of drug-likeness (QED) is 0.509. The van der Waals surface area contributed by atoms with Gasteiger partial charge in [-0.3, -0.25) is 14.9 Å². The fourth-order valence-corrected chi connectivity index (χ4v) is 2.52. The number of likely N-dealkylation sites (N-methyl/N-ethyl adjacent to an activating group) is 1. The number of nitrogens with zero attached hydrogens (tertiary/aromatic N) is 3. The average molecular weight is 313 g/mol. The summed E-state index contributed by atoms with van der Waals surface area (Å²) in [6.07, 6.45) is 0.868. The highest BCUT2D eigenvalue weighted by atomic mass is 35.5. The largest absolute Gasteiger partial charge is 0.392 e. The molecule has 0 spiro atoms. The molecular formula is C13H17ClN4O3. The highest BCUT2D eigenvalue weighted by Crippen LogP contribution is 2.31. The van der Waals surface area contributed by atoms with Crippen molar-refractivity contribution < 1.29 is 9.72 Å². The van der Waals surface area contributed by atoms with Gasteiger partial charge in [-0.05, 0) is 26.1 Å². The number of nitro groups is 1. The van der Waals surface area contributed by atoms with Crippen molar-refractivity contribution in [3.63, 3.8) is 0 Å². The van der Waals surface area contributed by atoms with Crippen molar-refractivity contribution in [3.8, 4) is 0 Å². The fourth-order valence-electron chi connectivity index (χ4n) is 2.31. The van der Waals surface area contributed by atoms with E-state index in [4.69, 9.17) is 17.3 Å². The van der Waals surface area contributed by atoms with Crippen LogP contribution in [0, 0.1) is 10.1 Å². The number of carbonyl (C=O) groups excluding carboxylic acids is 1. The summed E-state index contributed by atoms with van der Waals surface area (Å²) in [6, 6.07) is 2.58. The molecule has 0 atom stereocenters. The van der Waals surface area contributed by atoms with Gasteiger partial charge >= 0.3 is 0 Å². The molecule has 1 aliphatic heterocycles. The lowest BCUT2D eigenvalue weighted by atomic mass is 10.1. The predicted molar refractivity (Wildman–Crippen MR) is 80.5 cm³/mol. The minimum absolute atomic E-state index is 0.0273. The van der Waals surface area contributed by atoms with Crippen molar-refractivity contribution in [1.29, 1.82) is 0 Å². The molecule has 8 heteroatoms. The lowest BCUT2D eigenvalue weighted by Crippen LogP contribution is -2.34. The summed E-state index contributed by atoms with van der Waals surface area (Å²) < 4.78 is 0. The standard InChI is InChI=1S/C13H17ClN4O3/c1-16-3-2-4-17(6-5-16)13(19)9-7-10(14)12(15)11(8-9)18(20)21/h7-8H,2-6,15H2,1H3. The number of hydrogen-bond donors (Lipinski definition) is 1. The predicted octanol–water partition coefficient (Wildman–Crippen LogP) is 1.61. The van der Waals surface area contributed by atoms with E-state index < -0.39 is 4.92 Å². The monoisotopic (exact) mass is 312 g/mol. The maximum atomic E-state index is 12.5. The molecule has 1 heterocycles. The van der Waals surface area contributed by atoms with E-state index in [0.29, 0.717) is 13.1 Å². The van der Waals surface area contributed by atoms with E-state index in [0.717, 1.165) is 19.5 Å². The smallest absolute Gasteiger partial charge is 0.294 e. The Morgan fingerprint density at radius 1 is 1.33 bits per heavy atom. The van der Waals surface area contributed by atoms with Gasteiger partial charge in [-0.2, -0.15) is 0 Å². The van der Waals surface area contributed by atoms with Crippen LogP contribution in [0.1, 0.15) is 16.8 Å². The fraction of sp³-hybridized carbons (Fsp3) is 0.462. The molecule has 0 unspecified atom stereocenters. The van der Waals surface area contributed by atoms with E-state index in [-0.39, 0.29) is 27.9 Å². The zero-order valence-electron chi connectivity index (χ0n) is 11.7. The molecule has 1 aromatic rings. The summed E-state index contributed by atoms with van der Waals surface area (Å²) in [6.45, 7) is 2.91. The Labute approximate surface area is 127 Å². The first kappa shape index (κ1) is 15.5. The molecule has 114 valence electrons. The Hall–Kier alpha value is -1.86. The molecule has 1 aromatic carbocycles. The second-order valence-corrected chi connectivity index (χ2v) is 5.50. The highest BCUT2D eigenvalue weighted by molar-refractivity contribution is 6.34. The van der Waals surface area contributed by atoms with Crippen molar-refractivity contribution in [3.05, 3.63) is 32.8 Å². The van der Waals surface area contributed by atoms with Crippen LogP contribution in [0.3, 0.4) is 0 Å². The third-order valence-electron chi connectivity index (χ3n) is 3.56. The van der Waals surface area contributed by atoms with Crippen LogP contribution < -0.4 is 5.73 Å². The molecule has 0 aliphatic carbocycles. The number of halogens is 1. The summed E-state index contributed by atoms with van der Waals surface area (Å²) in [5.74, 6) is -0.254. The Bertz CT molecular complexity index is 579. The van der Waals surface area contributed by atoms with Gasteiger partial charge in [0, 0.05) is 31.3 Å². The molecule has 1 amide bonds. The van der Waals surface area contributed by atoms with Gasteiger partial charge in [-0.15, -0.1) is 0 Å². The van der Waals surface area contributed by atoms with E-state index in [2.05, 4.69) is 4.90 Å². The summed E-state index contributed by atoms with van der Waals surface area (Å²) in [5, 5.41) is 11.0. The Balaban J connectivity index is 2.28. The van der Waals surface area contributed by atoms with Crippen LogP contribution in [0.15, 0.2) is 12.1 Å². The van der Waals surface area contributed by atoms with Gasteiger partial charge in [0.15, 0.2) is 0 Å². The first-order valence-electron chi connectivity index (χ1n) is 6.61. The molecule has 0 saturated carbocycles. The second-order valence-electron chi connectivity index (χ2n) is 5.10. The van der Waals surface area contributed by atoms with E-state index >= 15 is 0 Å². The zero-order valence-corrected chi connectivity index (χ0v) is 12.5. The first-order valence-corrected chi connectivity index (χ1v) is 6.99. The number of nitro benzene ring substituents is 1. The van der Waals surface area contributed by atoms with E-state index in [1.54, 1.807) is 4.90 Å². The first-order chi connectivity index (χ1) is 9.90. The molecule has 7 nitrogen and oxygen atoms in total. The lowest BCUT2D eigenvalue weighted by molar-refractivity contribution is -0.383. The SMILES string of the molecule is CN1CCCN(C(=O)c2cc(Cl)c(N)c([N+](=O)[O-])c2)CC1. The molecule has 21 heavy (non-hydrogen) atoms. The third-order valence-corrected chi connectivity index (χ3v) is 3.87. The minimum atomic E-state index is -0.631. The summed E-state index contributed by atoms with van der Waals surface area (Å²) in [4.78, 5) is 26.6. The highest BCUT2D eigenvalue weighted by Gasteiger charge is 2.23. The van der Waals surface area contributed by atoms with Gasteiger partial charge in [0.05, 0.1) is 9.95 Å². The zero-order chi connectivity index (χ0) is 15.6. The van der Waals surface area contributed by atoms with Gasteiger partial charge in [0.1, 0.15) is 5.69 Å². The van der Waals surface area contributed by atoms with Gasteiger partial charge < -0.3 is 15.5 Å². The Kier molecular flexibility index (Phi) is 4.64. The lowest BCUT2D eigenvalue weighted by Gasteiger charge is -2.20. The number of anilines is 1. The average Bonchev–Trinajstić information content (AvgIpc) is 2.65. The molecule has 0 aromatic heterocycles. The van der Waals surface area contributed by atoms with Gasteiger partial charge in [-0.25, -0.2) is 0 Å². The van der Waals surface area contributed by atoms with Crippen LogP contribution in [-0.4, -0.2) is 53.9 Å². The molecule has 1 saturated heterocycles. The van der Waals surface area contributed by atoms with Crippen molar-refractivity contribution in [2.45, 2.75) is 6.42 Å². The molecule has 1 aliphatic rings. The van der Waals surface area contributed by atoms with Crippen LogP contribution >= 0.6 is 11.6 Å². The third kappa shape index (κ3) is 3.43. The van der Waals surface area contributed by atoms with Crippen LogP contribution in [0.5, 0.6) is 0 Å². The number of nitrogens with two attached hydrogens (primary N) is 1. The van der Waals surface area contributed by atoms with Crippen LogP contribution in [0.25, 0.3) is 0 Å². The number of hydrogen-bond acceptors (Lipinski definition) is 5.